The zero-order chi connectivity index (χ0) is 9.68. The van der Waals surface area contributed by atoms with Crippen LogP contribution in [0.15, 0.2) is 0 Å². The average Bonchev–Trinajstić information content (AvgIpc) is 2.66. The fourth-order valence-corrected chi connectivity index (χ4v) is 2.32. The second kappa shape index (κ2) is 5.92. The molecule has 1 fully saturated rings. The Labute approximate surface area is 87.1 Å². The molecule has 1 N–H and O–H groups in total. The van der Waals surface area contributed by atoms with Gasteiger partial charge < -0.3 is 5.32 Å². The van der Waals surface area contributed by atoms with E-state index in [2.05, 4.69) is 25.4 Å². The van der Waals surface area contributed by atoms with Crippen LogP contribution >= 0.6 is 11.8 Å². The highest BCUT2D eigenvalue weighted by atomic mass is 32.2. The molecule has 1 aliphatic carbocycles. The topological polar surface area (TPSA) is 12.0 Å². The van der Waals surface area contributed by atoms with Crippen LogP contribution in [0.5, 0.6) is 0 Å². The van der Waals surface area contributed by atoms with Gasteiger partial charge in [-0.05, 0) is 31.9 Å². The van der Waals surface area contributed by atoms with Gasteiger partial charge in [-0.1, -0.05) is 19.8 Å². The lowest BCUT2D eigenvalue weighted by Crippen LogP contribution is -2.36. The van der Waals surface area contributed by atoms with E-state index in [1.165, 1.54) is 32.2 Å². The molecule has 1 rings (SSSR count). The summed E-state index contributed by atoms with van der Waals surface area (Å²) in [6.45, 7) is 5.81. The standard InChI is InChI=1S/C11H23NS/c1-9(13-3)8-12-10(2)11-6-4-5-7-11/h9-12H,4-8H2,1-3H3. The van der Waals surface area contributed by atoms with E-state index < -0.39 is 0 Å². The third-order valence-electron chi connectivity index (χ3n) is 3.24. The minimum atomic E-state index is 0.733. The molecule has 0 amide bonds. The normalized spacial score (nSPS) is 23.3. The first-order chi connectivity index (χ1) is 6.24. The maximum absolute atomic E-state index is 3.65. The molecule has 13 heavy (non-hydrogen) atoms. The van der Waals surface area contributed by atoms with Crippen molar-refractivity contribution >= 4 is 11.8 Å². The highest BCUT2D eigenvalue weighted by Crippen LogP contribution is 2.27. The Bertz CT molecular complexity index is 132. The molecule has 78 valence electrons. The Morgan fingerprint density at radius 1 is 1.31 bits per heavy atom. The Morgan fingerprint density at radius 2 is 1.92 bits per heavy atom. The lowest BCUT2D eigenvalue weighted by molar-refractivity contribution is 0.384. The van der Waals surface area contributed by atoms with Gasteiger partial charge >= 0.3 is 0 Å². The first-order valence-electron chi connectivity index (χ1n) is 5.50. The number of nitrogens with one attached hydrogen (secondary N) is 1. The molecular weight excluding hydrogens is 178 g/mol. The van der Waals surface area contributed by atoms with Crippen molar-refractivity contribution in [1.29, 1.82) is 0 Å². The molecule has 2 unspecified atom stereocenters. The first-order valence-corrected chi connectivity index (χ1v) is 6.79. The maximum atomic E-state index is 3.65. The highest BCUT2D eigenvalue weighted by molar-refractivity contribution is 7.99. The third kappa shape index (κ3) is 3.90. The lowest BCUT2D eigenvalue weighted by atomic mass is 10.00. The largest absolute Gasteiger partial charge is 0.313 e. The van der Waals surface area contributed by atoms with Crippen molar-refractivity contribution in [3.63, 3.8) is 0 Å². The highest BCUT2D eigenvalue weighted by Gasteiger charge is 2.20. The second-order valence-electron chi connectivity index (χ2n) is 4.29. The Balaban J connectivity index is 2.12. The van der Waals surface area contributed by atoms with E-state index in [1.54, 1.807) is 0 Å². The van der Waals surface area contributed by atoms with E-state index in [9.17, 15) is 0 Å². The first kappa shape index (κ1) is 11.4. The predicted octanol–water partition coefficient (Wildman–Crippen LogP) is 2.91. The van der Waals surface area contributed by atoms with Gasteiger partial charge in [0, 0.05) is 17.8 Å². The summed E-state index contributed by atoms with van der Waals surface area (Å²) in [6, 6.07) is 0.733. The van der Waals surface area contributed by atoms with Gasteiger partial charge in [-0.15, -0.1) is 0 Å². The molecule has 0 spiro atoms. The Hall–Kier alpha value is 0.310. The molecule has 2 heteroatoms. The zero-order valence-corrected chi connectivity index (χ0v) is 9.99. The molecule has 0 aromatic heterocycles. The molecule has 1 aliphatic rings. The van der Waals surface area contributed by atoms with Gasteiger partial charge in [0.1, 0.15) is 0 Å². The molecule has 0 radical (unpaired) electrons. The van der Waals surface area contributed by atoms with Crippen molar-refractivity contribution in [1.82, 2.24) is 5.32 Å². The third-order valence-corrected chi connectivity index (χ3v) is 4.21. The second-order valence-corrected chi connectivity index (χ2v) is 5.56. The quantitative estimate of drug-likeness (QED) is 0.734. The summed E-state index contributed by atoms with van der Waals surface area (Å²) in [4.78, 5) is 0. The van der Waals surface area contributed by atoms with Gasteiger partial charge in [0.25, 0.3) is 0 Å². The molecule has 0 bridgehead atoms. The predicted molar refractivity (Wildman–Crippen MR) is 62.4 cm³/mol. The van der Waals surface area contributed by atoms with E-state index in [4.69, 9.17) is 0 Å². The molecule has 0 aromatic carbocycles. The summed E-state index contributed by atoms with van der Waals surface area (Å²) in [5.74, 6) is 0.953. The van der Waals surface area contributed by atoms with E-state index in [0.717, 1.165) is 17.2 Å². The number of hydrogen-bond acceptors (Lipinski definition) is 2. The van der Waals surface area contributed by atoms with Crippen LogP contribution in [0.4, 0.5) is 0 Å². The van der Waals surface area contributed by atoms with E-state index in [1.807, 2.05) is 11.8 Å². The SMILES string of the molecule is CSC(C)CNC(C)C1CCCC1. The summed E-state index contributed by atoms with van der Waals surface area (Å²) >= 11 is 1.95. The molecule has 0 saturated heterocycles. The average molecular weight is 201 g/mol. The van der Waals surface area contributed by atoms with E-state index >= 15 is 0 Å². The van der Waals surface area contributed by atoms with Gasteiger partial charge in [0.05, 0.1) is 0 Å². The van der Waals surface area contributed by atoms with E-state index in [0.29, 0.717) is 0 Å². The fourth-order valence-electron chi connectivity index (χ4n) is 2.06. The summed E-state index contributed by atoms with van der Waals surface area (Å²) in [7, 11) is 0. The van der Waals surface area contributed by atoms with Crippen LogP contribution in [-0.2, 0) is 0 Å². The molecule has 1 nitrogen and oxygen atoms in total. The summed E-state index contributed by atoms with van der Waals surface area (Å²) in [5.41, 5.74) is 0. The van der Waals surface area contributed by atoms with Crippen LogP contribution in [0, 0.1) is 5.92 Å². The van der Waals surface area contributed by atoms with Gasteiger partial charge in [-0.2, -0.15) is 11.8 Å². The molecule has 1 saturated carbocycles. The van der Waals surface area contributed by atoms with Crippen LogP contribution < -0.4 is 5.32 Å². The van der Waals surface area contributed by atoms with Crippen molar-refractivity contribution in [3.8, 4) is 0 Å². The van der Waals surface area contributed by atoms with Crippen molar-refractivity contribution in [2.45, 2.75) is 50.8 Å². The van der Waals surface area contributed by atoms with Crippen molar-refractivity contribution in [2.75, 3.05) is 12.8 Å². The minimum Gasteiger partial charge on any atom is -0.313 e. The van der Waals surface area contributed by atoms with Crippen LogP contribution in [0.3, 0.4) is 0 Å². The summed E-state index contributed by atoms with van der Waals surface area (Å²) < 4.78 is 0. The van der Waals surface area contributed by atoms with Gasteiger partial charge in [0.15, 0.2) is 0 Å². The lowest BCUT2D eigenvalue weighted by Gasteiger charge is -2.22. The van der Waals surface area contributed by atoms with Crippen LogP contribution in [0.25, 0.3) is 0 Å². The molecule has 0 aliphatic heterocycles. The van der Waals surface area contributed by atoms with Crippen LogP contribution in [0.2, 0.25) is 0 Å². The minimum absolute atomic E-state index is 0.733. The summed E-state index contributed by atoms with van der Waals surface area (Å²) in [5, 5.41) is 4.41. The zero-order valence-electron chi connectivity index (χ0n) is 9.18. The van der Waals surface area contributed by atoms with Crippen molar-refractivity contribution in [3.05, 3.63) is 0 Å². The van der Waals surface area contributed by atoms with Crippen molar-refractivity contribution < 1.29 is 0 Å². The molecule has 2 atom stereocenters. The van der Waals surface area contributed by atoms with Gasteiger partial charge in [0.2, 0.25) is 0 Å². The number of thioether (sulfide) groups is 1. The van der Waals surface area contributed by atoms with Crippen LogP contribution in [-0.4, -0.2) is 24.1 Å². The number of rotatable bonds is 5. The van der Waals surface area contributed by atoms with Gasteiger partial charge in [-0.3, -0.25) is 0 Å². The monoisotopic (exact) mass is 201 g/mol. The van der Waals surface area contributed by atoms with E-state index in [-0.39, 0.29) is 0 Å². The smallest absolute Gasteiger partial charge is 0.0141 e. The van der Waals surface area contributed by atoms with Crippen LogP contribution in [0.1, 0.15) is 39.5 Å². The number of hydrogen-bond donors (Lipinski definition) is 1. The molecule has 0 aromatic rings. The summed E-state index contributed by atoms with van der Waals surface area (Å²) in [6.07, 6.45) is 7.99. The molecule has 0 heterocycles. The van der Waals surface area contributed by atoms with Gasteiger partial charge in [-0.25, -0.2) is 0 Å². The Kier molecular flexibility index (Phi) is 5.18. The maximum Gasteiger partial charge on any atom is 0.0141 e. The fraction of sp³-hybridized carbons (Fsp3) is 1.00. The Morgan fingerprint density at radius 3 is 2.46 bits per heavy atom. The molecular formula is C11H23NS. The van der Waals surface area contributed by atoms with Crippen molar-refractivity contribution in [2.24, 2.45) is 5.92 Å².